The maximum absolute atomic E-state index is 2.54. The van der Waals surface area contributed by atoms with Crippen molar-refractivity contribution in [2.24, 2.45) is 0 Å². The summed E-state index contributed by atoms with van der Waals surface area (Å²) in [7, 11) is -1.68. The van der Waals surface area contributed by atoms with Crippen LogP contribution in [-0.2, 0) is 0 Å². The van der Waals surface area contributed by atoms with Crippen LogP contribution in [0.3, 0.4) is 0 Å². The molecule has 0 amide bonds. The lowest BCUT2D eigenvalue weighted by Gasteiger charge is -2.29. The van der Waals surface area contributed by atoms with Gasteiger partial charge in [0.15, 0.2) is 0 Å². The highest BCUT2D eigenvalue weighted by Gasteiger charge is 2.35. The number of hydrogen-bond acceptors (Lipinski definition) is 0. The molecule has 0 saturated carbocycles. The van der Waals surface area contributed by atoms with Crippen molar-refractivity contribution in [1.29, 1.82) is 0 Å². The fourth-order valence-corrected chi connectivity index (χ4v) is 9.16. The molecule has 0 fully saturated rings. The molecule has 0 radical (unpaired) electrons. The summed E-state index contributed by atoms with van der Waals surface area (Å²) in [6.45, 7) is 12.5. The monoisotopic (exact) mass is 198 g/mol. The fraction of sp³-hybridized carbons (Fsp3) is 0.800. The minimum absolute atomic E-state index is 0.828. The summed E-state index contributed by atoms with van der Waals surface area (Å²) in [5, 5.41) is 0. The Morgan fingerprint density at radius 2 is 1.92 bits per heavy atom. The van der Waals surface area contributed by atoms with E-state index < -0.39 is 16.1 Å². The average molecular weight is 198 g/mol. The summed E-state index contributed by atoms with van der Waals surface area (Å²) in [4.78, 5) is 0. The van der Waals surface area contributed by atoms with Crippen molar-refractivity contribution < 1.29 is 0 Å². The molecule has 0 N–H and O–H groups in total. The largest absolute Gasteiger partial charge is 0.0912 e. The predicted molar refractivity (Wildman–Crippen MR) is 63.3 cm³/mol. The molecule has 1 aliphatic rings. The van der Waals surface area contributed by atoms with E-state index in [2.05, 4.69) is 44.9 Å². The van der Waals surface area contributed by atoms with Gasteiger partial charge in [0.1, 0.15) is 0 Å². The molecule has 0 bridgehead atoms. The minimum Gasteiger partial charge on any atom is -0.0912 e. The first-order valence-electron chi connectivity index (χ1n) is 4.98. The van der Waals surface area contributed by atoms with Gasteiger partial charge in [0.2, 0.25) is 0 Å². The van der Waals surface area contributed by atoms with Crippen LogP contribution >= 0.6 is 0 Å². The first kappa shape index (κ1) is 10.3. The van der Waals surface area contributed by atoms with Crippen LogP contribution in [0.5, 0.6) is 0 Å². The maximum atomic E-state index is 2.54. The summed E-state index contributed by atoms with van der Waals surface area (Å²) in [5.74, 6) is 0. The van der Waals surface area contributed by atoms with Crippen molar-refractivity contribution in [2.75, 3.05) is 0 Å². The van der Waals surface area contributed by atoms with Crippen LogP contribution in [0.1, 0.15) is 0 Å². The van der Waals surface area contributed by atoms with Crippen LogP contribution in [-0.4, -0.2) is 16.1 Å². The van der Waals surface area contributed by atoms with Gasteiger partial charge in [0.25, 0.3) is 0 Å². The van der Waals surface area contributed by atoms with Crippen LogP contribution in [0.25, 0.3) is 0 Å². The van der Waals surface area contributed by atoms with Crippen LogP contribution < -0.4 is 0 Å². The van der Waals surface area contributed by atoms with Gasteiger partial charge in [-0.25, -0.2) is 0 Å². The van der Waals surface area contributed by atoms with Crippen LogP contribution in [0.2, 0.25) is 50.4 Å². The fourth-order valence-electron chi connectivity index (χ4n) is 1.95. The van der Waals surface area contributed by atoms with Crippen molar-refractivity contribution in [1.82, 2.24) is 0 Å². The van der Waals surface area contributed by atoms with Crippen LogP contribution in [0, 0.1) is 0 Å². The Morgan fingerprint density at radius 3 is 2.25 bits per heavy atom. The molecule has 0 nitrogen and oxygen atoms in total. The van der Waals surface area contributed by atoms with E-state index in [1.165, 1.54) is 12.1 Å². The lowest BCUT2D eigenvalue weighted by atomic mass is 10.4. The van der Waals surface area contributed by atoms with Gasteiger partial charge in [-0.15, -0.1) is 0 Å². The van der Waals surface area contributed by atoms with Gasteiger partial charge in [0.05, 0.1) is 8.07 Å². The number of allylic oxidation sites excluding steroid dienone is 2. The molecule has 1 atom stereocenters. The smallest absolute Gasteiger partial charge is 0.0577 e. The lowest BCUT2D eigenvalue weighted by Crippen LogP contribution is -2.33. The number of hydrogen-bond donors (Lipinski definition) is 0. The molecule has 0 spiro atoms. The molecule has 1 heterocycles. The van der Waals surface area contributed by atoms with Gasteiger partial charge in [-0.1, -0.05) is 50.9 Å². The second-order valence-corrected chi connectivity index (χ2v) is 16.6. The van der Waals surface area contributed by atoms with Gasteiger partial charge < -0.3 is 0 Å². The molecule has 12 heavy (non-hydrogen) atoms. The average Bonchev–Trinajstić information content (AvgIpc) is 2.07. The number of rotatable bonds is 2. The van der Waals surface area contributed by atoms with E-state index in [9.17, 15) is 0 Å². The third kappa shape index (κ3) is 2.59. The van der Waals surface area contributed by atoms with Gasteiger partial charge in [-0.2, -0.15) is 0 Å². The molecule has 1 rings (SSSR count). The molecule has 70 valence electrons. The Bertz CT molecular complexity index is 187. The highest BCUT2D eigenvalue weighted by molar-refractivity contribution is 6.84. The van der Waals surface area contributed by atoms with Crippen molar-refractivity contribution in [3.05, 3.63) is 12.2 Å². The Kier molecular flexibility index (Phi) is 2.69. The Balaban J connectivity index is 2.59. The maximum Gasteiger partial charge on any atom is 0.0577 e. The van der Waals surface area contributed by atoms with Crippen LogP contribution in [0.15, 0.2) is 12.2 Å². The van der Waals surface area contributed by atoms with E-state index in [-0.39, 0.29) is 0 Å². The molecule has 0 aliphatic carbocycles. The zero-order valence-electron chi connectivity index (χ0n) is 9.15. The second kappa shape index (κ2) is 3.15. The zero-order chi connectivity index (χ0) is 9.41. The molecule has 0 saturated heterocycles. The van der Waals surface area contributed by atoms with Crippen molar-refractivity contribution in [2.45, 2.75) is 50.4 Å². The van der Waals surface area contributed by atoms with E-state index in [1.807, 2.05) is 0 Å². The van der Waals surface area contributed by atoms with Crippen molar-refractivity contribution >= 4 is 16.1 Å². The van der Waals surface area contributed by atoms with E-state index >= 15 is 0 Å². The molecule has 0 aromatic heterocycles. The van der Waals surface area contributed by atoms with E-state index in [0.29, 0.717) is 0 Å². The molecular weight excluding hydrogens is 176 g/mol. The first-order chi connectivity index (χ1) is 5.31. The van der Waals surface area contributed by atoms with Crippen molar-refractivity contribution in [3.63, 3.8) is 0 Å². The summed E-state index contributed by atoms with van der Waals surface area (Å²) < 4.78 is 0. The van der Waals surface area contributed by atoms with Gasteiger partial charge in [0, 0.05) is 8.07 Å². The normalized spacial score (nSPS) is 27.9. The predicted octanol–water partition coefficient (Wildman–Crippen LogP) is 3.97. The summed E-state index contributed by atoms with van der Waals surface area (Å²) >= 11 is 0. The van der Waals surface area contributed by atoms with Gasteiger partial charge in [-0.3, -0.25) is 0 Å². The van der Waals surface area contributed by atoms with Crippen molar-refractivity contribution in [3.8, 4) is 0 Å². The van der Waals surface area contributed by atoms with E-state index in [1.54, 1.807) is 0 Å². The Labute approximate surface area is 79.1 Å². The molecule has 0 aromatic rings. The molecule has 1 aliphatic heterocycles. The quantitative estimate of drug-likeness (QED) is 0.465. The molecular formula is C10H22Si2. The van der Waals surface area contributed by atoms with E-state index in [0.717, 1.165) is 5.54 Å². The highest BCUT2D eigenvalue weighted by Crippen LogP contribution is 2.39. The third-order valence-electron chi connectivity index (χ3n) is 2.85. The van der Waals surface area contributed by atoms with Gasteiger partial charge in [-0.05, 0) is 11.6 Å². The summed E-state index contributed by atoms with van der Waals surface area (Å²) in [5.41, 5.74) is 0.990. The second-order valence-electron chi connectivity index (χ2n) is 5.99. The Morgan fingerprint density at radius 1 is 1.33 bits per heavy atom. The lowest BCUT2D eigenvalue weighted by molar-refractivity contribution is 1.10. The molecule has 2 heteroatoms. The minimum atomic E-state index is -0.856. The summed E-state index contributed by atoms with van der Waals surface area (Å²) in [6, 6.07) is 2.94. The highest BCUT2D eigenvalue weighted by atomic mass is 28.3. The third-order valence-corrected chi connectivity index (χ3v) is 8.61. The standard InChI is InChI=1S/C10H22Si2/c1-11(2,3)9-10-7-6-8-12(10,4)5/h6-7,10H,8-9H2,1-5H3. The molecule has 0 aromatic carbocycles. The van der Waals surface area contributed by atoms with E-state index in [4.69, 9.17) is 0 Å². The zero-order valence-corrected chi connectivity index (χ0v) is 11.1. The molecule has 1 unspecified atom stereocenters. The van der Waals surface area contributed by atoms with Crippen LogP contribution in [0.4, 0.5) is 0 Å². The summed E-state index contributed by atoms with van der Waals surface area (Å²) in [6.07, 6.45) is 4.93. The SMILES string of the molecule is C[Si](C)(C)CC1C=CC[Si]1(C)C. The van der Waals surface area contributed by atoms with Gasteiger partial charge >= 0.3 is 0 Å². The first-order valence-corrected chi connectivity index (χ1v) is 12.0. The Hall–Kier alpha value is 0.174. The topological polar surface area (TPSA) is 0 Å².